The van der Waals surface area contributed by atoms with E-state index in [4.69, 9.17) is 0 Å². The molecule has 1 unspecified atom stereocenters. The van der Waals surface area contributed by atoms with Crippen LogP contribution in [0.5, 0.6) is 0 Å². The van der Waals surface area contributed by atoms with Gasteiger partial charge in [-0.2, -0.15) is 26.3 Å². The number of hydrogen-bond donors (Lipinski definition) is 0. The van der Waals surface area contributed by atoms with Crippen LogP contribution in [0.1, 0.15) is 20.3 Å². The van der Waals surface area contributed by atoms with Gasteiger partial charge in [-0.1, -0.05) is 13.8 Å². The second kappa shape index (κ2) is 8.73. The minimum Gasteiger partial charge on any atom is -0.465 e. The van der Waals surface area contributed by atoms with Crippen LogP contribution in [0.4, 0.5) is 26.3 Å². The second-order valence-electron chi connectivity index (χ2n) is 4.90. The molecule has 0 rings (SSSR count). The molecule has 0 fully saturated rings. The summed E-state index contributed by atoms with van der Waals surface area (Å²) in [6.07, 6.45) is -13.9. The van der Waals surface area contributed by atoms with Gasteiger partial charge in [-0.15, -0.1) is 0 Å². The van der Waals surface area contributed by atoms with Crippen LogP contribution in [-0.4, -0.2) is 49.6 Å². The van der Waals surface area contributed by atoms with Crippen LogP contribution in [0, 0.1) is 5.92 Å². The van der Waals surface area contributed by atoms with Gasteiger partial charge in [-0.25, -0.2) is 9.59 Å². The summed E-state index contributed by atoms with van der Waals surface area (Å²) in [4.78, 5) is 32.6. The highest BCUT2D eigenvalue weighted by Gasteiger charge is 2.44. The predicted molar refractivity (Wildman–Crippen MR) is 63.4 cm³/mol. The van der Waals surface area contributed by atoms with Gasteiger partial charge in [0.1, 0.15) is 12.7 Å². The zero-order valence-corrected chi connectivity index (χ0v) is 12.5. The van der Waals surface area contributed by atoms with Crippen LogP contribution in [0.2, 0.25) is 0 Å². The van der Waals surface area contributed by atoms with E-state index in [2.05, 4.69) is 14.2 Å². The lowest BCUT2D eigenvalue weighted by molar-refractivity contribution is -0.214. The van der Waals surface area contributed by atoms with E-state index < -0.39 is 49.4 Å². The molecular formula is C12H14F6O6. The van der Waals surface area contributed by atoms with Crippen LogP contribution in [-0.2, 0) is 28.6 Å². The lowest BCUT2D eigenvalue weighted by Crippen LogP contribution is -2.36. The molecule has 0 aromatic rings. The van der Waals surface area contributed by atoms with Gasteiger partial charge in [0.15, 0.2) is 0 Å². The molecule has 6 nitrogen and oxygen atoms in total. The third-order valence-corrected chi connectivity index (χ3v) is 2.11. The van der Waals surface area contributed by atoms with Gasteiger partial charge in [0.2, 0.25) is 0 Å². The van der Waals surface area contributed by atoms with E-state index in [0.29, 0.717) is 0 Å². The average Bonchev–Trinajstić information content (AvgIpc) is 2.39. The maximum absolute atomic E-state index is 12.1. The fourth-order valence-corrected chi connectivity index (χ4v) is 1.11. The highest BCUT2D eigenvalue weighted by molar-refractivity contribution is 5.77. The molecule has 0 N–H and O–H groups in total. The van der Waals surface area contributed by atoms with Crippen molar-refractivity contribution in [2.45, 2.75) is 38.7 Å². The van der Waals surface area contributed by atoms with Crippen molar-refractivity contribution in [1.82, 2.24) is 0 Å². The van der Waals surface area contributed by atoms with Gasteiger partial charge in [-0.05, 0) is 5.92 Å². The smallest absolute Gasteiger partial charge is 0.465 e. The van der Waals surface area contributed by atoms with Crippen LogP contribution in [0.25, 0.3) is 0 Å². The number of alkyl halides is 6. The normalized spacial score (nSPS) is 13.4. The fourth-order valence-electron chi connectivity index (χ4n) is 1.11. The zero-order valence-electron chi connectivity index (χ0n) is 12.5. The van der Waals surface area contributed by atoms with E-state index in [1.54, 1.807) is 13.8 Å². The SMILES string of the molecule is CC(C)COC(=O)CC(COC(=O)C(F)(F)F)OC(=O)C(F)(F)F. The van der Waals surface area contributed by atoms with Crippen LogP contribution >= 0.6 is 0 Å². The molecule has 0 heterocycles. The first-order valence-electron chi connectivity index (χ1n) is 6.40. The molecule has 140 valence electrons. The second-order valence-corrected chi connectivity index (χ2v) is 4.90. The van der Waals surface area contributed by atoms with E-state index in [1.165, 1.54) is 0 Å². The van der Waals surface area contributed by atoms with E-state index >= 15 is 0 Å². The zero-order chi connectivity index (χ0) is 19.1. The number of halogens is 6. The Labute approximate surface area is 132 Å². The highest BCUT2D eigenvalue weighted by Crippen LogP contribution is 2.20. The lowest BCUT2D eigenvalue weighted by atomic mass is 10.2. The van der Waals surface area contributed by atoms with Gasteiger partial charge in [0, 0.05) is 0 Å². The van der Waals surface area contributed by atoms with E-state index in [0.717, 1.165) is 0 Å². The maximum Gasteiger partial charge on any atom is 0.490 e. The first-order chi connectivity index (χ1) is 10.7. The van der Waals surface area contributed by atoms with Crippen LogP contribution in [0.15, 0.2) is 0 Å². The molecule has 0 saturated heterocycles. The molecule has 0 aromatic carbocycles. The first kappa shape index (κ1) is 22.0. The third-order valence-electron chi connectivity index (χ3n) is 2.11. The standard InChI is InChI=1S/C12H14F6O6/c1-6(2)4-22-8(19)3-7(24-10(21)12(16,17)18)5-23-9(20)11(13,14)15/h6-7H,3-5H2,1-2H3. The van der Waals surface area contributed by atoms with E-state index in [1.807, 2.05) is 0 Å². The Hall–Kier alpha value is -2.01. The number of carbonyl (C=O) groups excluding carboxylic acids is 3. The fraction of sp³-hybridized carbons (Fsp3) is 0.750. The molecule has 0 bridgehead atoms. The first-order valence-corrected chi connectivity index (χ1v) is 6.40. The van der Waals surface area contributed by atoms with Crippen molar-refractivity contribution in [3.05, 3.63) is 0 Å². The van der Waals surface area contributed by atoms with E-state index in [-0.39, 0.29) is 12.5 Å². The molecule has 0 spiro atoms. The Morgan fingerprint density at radius 3 is 1.75 bits per heavy atom. The van der Waals surface area contributed by atoms with Gasteiger partial charge in [0.25, 0.3) is 0 Å². The van der Waals surface area contributed by atoms with Gasteiger partial charge >= 0.3 is 30.3 Å². The summed E-state index contributed by atoms with van der Waals surface area (Å²) in [7, 11) is 0. The maximum atomic E-state index is 12.1. The minimum atomic E-state index is -5.44. The molecule has 0 aliphatic carbocycles. The van der Waals surface area contributed by atoms with Crippen molar-refractivity contribution in [2.24, 2.45) is 5.92 Å². The Kier molecular flexibility index (Phi) is 8.00. The summed E-state index contributed by atoms with van der Waals surface area (Å²) < 4.78 is 84.4. The Morgan fingerprint density at radius 2 is 1.33 bits per heavy atom. The third kappa shape index (κ3) is 9.20. The molecule has 0 aliphatic rings. The number of carbonyl (C=O) groups is 3. The summed E-state index contributed by atoms with van der Waals surface area (Å²) in [6, 6.07) is 0. The molecule has 0 amide bonds. The monoisotopic (exact) mass is 368 g/mol. The minimum absolute atomic E-state index is 0.110. The Balaban J connectivity index is 4.80. The predicted octanol–water partition coefficient (Wildman–Crippen LogP) is 2.16. The van der Waals surface area contributed by atoms with Crippen molar-refractivity contribution >= 4 is 17.9 Å². The number of ether oxygens (including phenoxy) is 3. The summed E-state index contributed by atoms with van der Waals surface area (Å²) in [5.74, 6) is -6.70. The largest absolute Gasteiger partial charge is 0.490 e. The van der Waals surface area contributed by atoms with Gasteiger partial charge in [0.05, 0.1) is 13.0 Å². The molecule has 0 saturated carbocycles. The Bertz CT molecular complexity index is 456. The number of hydrogen-bond acceptors (Lipinski definition) is 6. The molecule has 0 aromatic heterocycles. The van der Waals surface area contributed by atoms with E-state index in [9.17, 15) is 40.7 Å². The molecule has 1 atom stereocenters. The molecule has 24 heavy (non-hydrogen) atoms. The van der Waals surface area contributed by atoms with Crippen molar-refractivity contribution in [2.75, 3.05) is 13.2 Å². The quantitative estimate of drug-likeness (QED) is 0.389. The molecule has 0 aliphatic heterocycles. The van der Waals surface area contributed by atoms with Crippen LogP contribution in [0.3, 0.4) is 0 Å². The number of esters is 3. The molecular weight excluding hydrogens is 354 g/mol. The molecule has 0 radical (unpaired) electrons. The van der Waals surface area contributed by atoms with Crippen molar-refractivity contribution in [3.63, 3.8) is 0 Å². The molecule has 12 heteroatoms. The Morgan fingerprint density at radius 1 is 0.833 bits per heavy atom. The van der Waals surface area contributed by atoms with Crippen molar-refractivity contribution in [1.29, 1.82) is 0 Å². The number of rotatable bonds is 7. The van der Waals surface area contributed by atoms with Crippen molar-refractivity contribution < 1.29 is 54.9 Å². The average molecular weight is 368 g/mol. The highest BCUT2D eigenvalue weighted by atomic mass is 19.4. The lowest BCUT2D eigenvalue weighted by Gasteiger charge is -2.18. The van der Waals surface area contributed by atoms with Crippen LogP contribution < -0.4 is 0 Å². The van der Waals surface area contributed by atoms with Gasteiger partial charge < -0.3 is 14.2 Å². The van der Waals surface area contributed by atoms with Crippen molar-refractivity contribution in [3.8, 4) is 0 Å². The summed E-state index contributed by atoms with van der Waals surface area (Å²) in [5, 5.41) is 0. The summed E-state index contributed by atoms with van der Waals surface area (Å²) in [5.41, 5.74) is 0. The van der Waals surface area contributed by atoms with Gasteiger partial charge in [-0.3, -0.25) is 4.79 Å². The summed E-state index contributed by atoms with van der Waals surface area (Å²) in [6.45, 7) is 1.80. The summed E-state index contributed by atoms with van der Waals surface area (Å²) >= 11 is 0. The topological polar surface area (TPSA) is 78.9 Å².